The summed E-state index contributed by atoms with van der Waals surface area (Å²) in [4.78, 5) is 23.0. The first kappa shape index (κ1) is 44.9. The summed E-state index contributed by atoms with van der Waals surface area (Å²) in [5.74, 6) is -0.0673. The number of benzene rings is 2. The standard InChI is InChI=1S/C28H34N10O10S2.2Na/c1-15(39)13-29-23-33-25(37-27(35-23)47-3)31-19-9-7-17(21(11-19)49(41,42)43)5-6-18-8-10-20(12-22(18)50(44,45)46)32-26-34-24(30-14-16(2)40)36-28(38-26)48-4;;/h5-12,15-16,39-40H,13-14H2,1-4H3,(H,41,42,43)(H,44,45,46)(H2,29,31,33,35,37)(H2,30,32,34,36,38);;/q;2*+1/p-2. The summed E-state index contributed by atoms with van der Waals surface area (Å²) >= 11 is 0. The molecule has 4 rings (SSSR count). The van der Waals surface area contributed by atoms with Crippen molar-refractivity contribution in [1.29, 1.82) is 0 Å². The first-order valence-electron chi connectivity index (χ1n) is 14.4. The minimum Gasteiger partial charge on any atom is -0.744 e. The Hall–Kier alpha value is -3.26. The zero-order chi connectivity index (χ0) is 36.6. The van der Waals surface area contributed by atoms with Gasteiger partial charge in [0.05, 0.1) is 36.2 Å². The van der Waals surface area contributed by atoms with Gasteiger partial charge in [0.2, 0.25) is 23.8 Å². The molecule has 0 radical (unpaired) electrons. The molecule has 2 aromatic heterocycles. The number of ether oxygens (including phenoxy) is 2. The van der Waals surface area contributed by atoms with Gasteiger partial charge >= 0.3 is 71.1 Å². The smallest absolute Gasteiger partial charge is 0.744 e. The Labute approximate surface area is 343 Å². The number of nitrogens with zero attached hydrogens (tertiary/aromatic N) is 6. The van der Waals surface area contributed by atoms with Crippen LogP contribution < -0.4 is 89.9 Å². The predicted octanol–water partition coefficient (Wildman–Crippen LogP) is -4.87. The summed E-state index contributed by atoms with van der Waals surface area (Å²) in [7, 11) is -7.54. The van der Waals surface area contributed by atoms with Crippen molar-refractivity contribution in [3.05, 3.63) is 47.5 Å². The van der Waals surface area contributed by atoms with E-state index in [1.807, 2.05) is 0 Å². The Kier molecular flexibility index (Phi) is 17.0. The van der Waals surface area contributed by atoms with Crippen molar-refractivity contribution >= 4 is 67.6 Å². The van der Waals surface area contributed by atoms with Crippen LogP contribution in [0.25, 0.3) is 12.2 Å². The molecular weight excluding hydrogens is 746 g/mol. The number of nitrogens with one attached hydrogen (secondary N) is 4. The maximum atomic E-state index is 12.3. The molecule has 6 N–H and O–H groups in total. The van der Waals surface area contributed by atoms with E-state index in [0.29, 0.717) is 0 Å². The van der Waals surface area contributed by atoms with Crippen LogP contribution in [0.15, 0.2) is 46.2 Å². The van der Waals surface area contributed by atoms with E-state index in [2.05, 4.69) is 51.2 Å². The van der Waals surface area contributed by atoms with E-state index >= 15 is 0 Å². The normalized spacial score (nSPS) is 12.5. The van der Waals surface area contributed by atoms with E-state index < -0.39 is 42.2 Å². The Morgan fingerprint density at radius 3 is 1.31 bits per heavy atom. The van der Waals surface area contributed by atoms with Crippen molar-refractivity contribution in [2.75, 3.05) is 48.6 Å². The van der Waals surface area contributed by atoms with Crippen LogP contribution in [0.2, 0.25) is 0 Å². The molecule has 24 heteroatoms. The first-order valence-corrected chi connectivity index (χ1v) is 17.2. The third kappa shape index (κ3) is 13.3. The van der Waals surface area contributed by atoms with Crippen molar-refractivity contribution < 1.29 is 105 Å². The number of methoxy groups -OCH3 is 2. The summed E-state index contributed by atoms with van der Waals surface area (Å²) in [6.07, 6.45) is 0.882. The van der Waals surface area contributed by atoms with Crippen LogP contribution in [-0.2, 0) is 20.2 Å². The van der Waals surface area contributed by atoms with E-state index in [4.69, 9.17) is 9.47 Å². The van der Waals surface area contributed by atoms with Crippen LogP contribution >= 0.6 is 0 Å². The zero-order valence-electron chi connectivity index (χ0n) is 28.8. The summed E-state index contributed by atoms with van der Waals surface area (Å²) in [6.45, 7) is 3.31. The molecule has 0 bridgehead atoms. The van der Waals surface area contributed by atoms with E-state index in [1.54, 1.807) is 13.8 Å². The molecule has 4 aromatic rings. The monoisotopic (exact) mass is 778 g/mol. The molecule has 0 fully saturated rings. The molecule has 0 spiro atoms. The largest absolute Gasteiger partial charge is 1.00 e. The fourth-order valence-electron chi connectivity index (χ4n) is 4.01. The third-order valence-corrected chi connectivity index (χ3v) is 8.01. The fraction of sp³-hybridized carbons (Fsp3) is 0.286. The summed E-state index contributed by atoms with van der Waals surface area (Å²) in [5.41, 5.74) is -0.0689. The van der Waals surface area contributed by atoms with Crippen LogP contribution in [0.3, 0.4) is 0 Å². The Bertz CT molecular complexity index is 1950. The third-order valence-electron chi connectivity index (χ3n) is 6.23. The number of aliphatic hydroxyl groups is 2. The molecule has 0 aliphatic carbocycles. The molecule has 2 unspecified atom stereocenters. The van der Waals surface area contributed by atoms with Gasteiger partial charge in [-0.05, 0) is 49.2 Å². The molecule has 0 saturated carbocycles. The Balaban J connectivity index is 0.00000468. The molecular formula is C28H32N10Na2O10S2. The van der Waals surface area contributed by atoms with Gasteiger partial charge in [-0.15, -0.1) is 0 Å². The second kappa shape index (κ2) is 19.7. The van der Waals surface area contributed by atoms with Gasteiger partial charge in [0, 0.05) is 24.5 Å². The molecule has 268 valence electrons. The van der Waals surface area contributed by atoms with Gasteiger partial charge in [0.25, 0.3) is 0 Å². The molecule has 2 aromatic carbocycles. The number of aromatic nitrogens is 6. The molecule has 0 amide bonds. The predicted molar refractivity (Wildman–Crippen MR) is 177 cm³/mol. The molecule has 0 aliphatic rings. The van der Waals surface area contributed by atoms with Crippen molar-refractivity contribution in [3.63, 3.8) is 0 Å². The zero-order valence-corrected chi connectivity index (χ0v) is 34.5. The molecule has 2 atom stereocenters. The number of hydrogen-bond acceptors (Lipinski definition) is 20. The molecule has 20 nitrogen and oxygen atoms in total. The van der Waals surface area contributed by atoms with Crippen molar-refractivity contribution in [2.24, 2.45) is 0 Å². The topological polar surface area (TPSA) is 299 Å². The SMILES string of the molecule is COc1nc(NCC(C)O)nc(Nc2ccc(C=Cc3ccc(Nc4nc(NCC(C)O)nc(OC)n4)cc3S(=O)(=O)[O-])c(S(=O)(=O)[O-])c2)n1.[Na+].[Na+]. The number of rotatable bonds is 16. The van der Waals surface area contributed by atoms with E-state index in [1.165, 1.54) is 38.5 Å². The minimum absolute atomic E-state index is 0. The fourth-order valence-corrected chi connectivity index (χ4v) is 5.41. The molecule has 2 heterocycles. The molecule has 52 heavy (non-hydrogen) atoms. The second-order valence-corrected chi connectivity index (χ2v) is 13.1. The van der Waals surface area contributed by atoms with E-state index in [9.17, 15) is 36.2 Å². The van der Waals surface area contributed by atoms with E-state index in [0.717, 1.165) is 24.3 Å². The quantitative estimate of drug-likeness (QED) is 0.0353. The summed E-state index contributed by atoms with van der Waals surface area (Å²) in [6, 6.07) is 7.19. The Morgan fingerprint density at radius 1 is 0.654 bits per heavy atom. The minimum atomic E-state index is -5.09. The van der Waals surface area contributed by atoms with Crippen LogP contribution in [0.5, 0.6) is 12.0 Å². The van der Waals surface area contributed by atoms with Gasteiger partial charge in [-0.25, -0.2) is 16.8 Å². The number of anilines is 6. The first-order chi connectivity index (χ1) is 23.5. The van der Waals surface area contributed by atoms with Crippen LogP contribution in [-0.4, -0.2) is 106 Å². The van der Waals surface area contributed by atoms with Gasteiger partial charge in [-0.1, -0.05) is 24.3 Å². The van der Waals surface area contributed by atoms with Gasteiger partial charge in [0.1, 0.15) is 20.2 Å². The second-order valence-electron chi connectivity index (χ2n) is 10.4. The van der Waals surface area contributed by atoms with E-state index in [-0.39, 0.29) is 131 Å². The van der Waals surface area contributed by atoms with Gasteiger partial charge in [-0.2, -0.15) is 29.9 Å². The maximum absolute atomic E-state index is 12.3. The Morgan fingerprint density at radius 2 is 1.00 bits per heavy atom. The van der Waals surface area contributed by atoms with Crippen LogP contribution in [0, 0.1) is 0 Å². The summed E-state index contributed by atoms with van der Waals surface area (Å²) in [5, 5.41) is 30.2. The van der Waals surface area contributed by atoms with Gasteiger partial charge < -0.3 is 50.1 Å². The van der Waals surface area contributed by atoms with Crippen LogP contribution in [0.4, 0.5) is 35.2 Å². The van der Waals surface area contributed by atoms with Crippen molar-refractivity contribution in [2.45, 2.75) is 35.8 Å². The average Bonchev–Trinajstić information content (AvgIpc) is 3.05. The number of aliphatic hydroxyl groups excluding tert-OH is 2. The summed E-state index contributed by atoms with van der Waals surface area (Å²) < 4.78 is 83.6. The van der Waals surface area contributed by atoms with Crippen molar-refractivity contribution in [3.8, 4) is 12.0 Å². The van der Waals surface area contributed by atoms with Crippen LogP contribution in [0.1, 0.15) is 25.0 Å². The molecule has 0 aliphatic heterocycles. The average molecular weight is 779 g/mol. The molecule has 0 saturated heterocycles. The van der Waals surface area contributed by atoms with Crippen molar-refractivity contribution in [1.82, 2.24) is 29.9 Å². The van der Waals surface area contributed by atoms with Gasteiger partial charge in [-0.3, -0.25) is 0 Å². The van der Waals surface area contributed by atoms with Gasteiger partial charge in [0.15, 0.2) is 0 Å². The number of hydrogen-bond donors (Lipinski definition) is 6. The maximum Gasteiger partial charge on any atom is 1.00 e.